The summed E-state index contributed by atoms with van der Waals surface area (Å²) in [6, 6.07) is 0. The van der Waals surface area contributed by atoms with Gasteiger partial charge in [0, 0.05) is 18.4 Å². The molecule has 2 nitrogen and oxygen atoms in total. The zero-order chi connectivity index (χ0) is 8.48. The monoisotopic (exact) mass is 158 g/mol. The maximum Gasteiger partial charge on any atom is 0.0675 e. The van der Waals surface area contributed by atoms with E-state index < -0.39 is 0 Å². The van der Waals surface area contributed by atoms with Gasteiger partial charge in [0.1, 0.15) is 0 Å². The molecule has 0 aromatic carbocycles. The first-order chi connectivity index (χ1) is 5.09. The van der Waals surface area contributed by atoms with Gasteiger partial charge in [-0.15, -0.1) is 0 Å². The van der Waals surface area contributed by atoms with Crippen molar-refractivity contribution in [1.82, 2.24) is 0 Å². The zero-order valence-electron chi connectivity index (χ0n) is 7.63. The van der Waals surface area contributed by atoms with Crippen molar-refractivity contribution in [3.8, 4) is 0 Å². The normalized spacial score (nSPS) is 34.9. The Morgan fingerprint density at radius 1 is 1.55 bits per heavy atom. The van der Waals surface area contributed by atoms with E-state index in [0.717, 1.165) is 19.4 Å². The summed E-state index contributed by atoms with van der Waals surface area (Å²) in [4.78, 5) is 0. The Morgan fingerprint density at radius 2 is 2.18 bits per heavy atom. The summed E-state index contributed by atoms with van der Waals surface area (Å²) in [7, 11) is 0. The van der Waals surface area contributed by atoms with E-state index in [-0.39, 0.29) is 17.6 Å². The largest absolute Gasteiger partial charge is 0.392 e. The van der Waals surface area contributed by atoms with Crippen LogP contribution in [0.2, 0.25) is 0 Å². The Labute approximate surface area is 68.6 Å². The van der Waals surface area contributed by atoms with Crippen molar-refractivity contribution in [2.75, 3.05) is 6.61 Å². The molecule has 0 saturated heterocycles. The Balaban J connectivity index is 2.28. The van der Waals surface area contributed by atoms with Crippen molar-refractivity contribution in [3.05, 3.63) is 0 Å². The summed E-state index contributed by atoms with van der Waals surface area (Å²) in [6.07, 6.45) is 1.98. The first kappa shape index (κ1) is 9.01. The molecular weight excluding hydrogens is 140 g/mol. The maximum absolute atomic E-state index is 9.37. The minimum Gasteiger partial charge on any atom is -0.392 e. The van der Waals surface area contributed by atoms with Crippen molar-refractivity contribution in [3.63, 3.8) is 0 Å². The van der Waals surface area contributed by atoms with Gasteiger partial charge in [-0.25, -0.2) is 0 Å². The molecule has 0 heterocycles. The molecule has 66 valence electrons. The summed E-state index contributed by atoms with van der Waals surface area (Å²) in [5, 5.41) is 9.37. The standard InChI is InChI=1S/C9H18O2/c1-4-5-11-8-6-7(10)9(8,2)3/h7-8,10H,4-6H2,1-3H3. The molecular formula is C9H18O2. The van der Waals surface area contributed by atoms with Crippen LogP contribution in [-0.4, -0.2) is 23.9 Å². The number of hydrogen-bond acceptors (Lipinski definition) is 2. The zero-order valence-corrected chi connectivity index (χ0v) is 7.63. The molecule has 2 atom stereocenters. The molecule has 1 saturated carbocycles. The van der Waals surface area contributed by atoms with Crippen molar-refractivity contribution < 1.29 is 9.84 Å². The summed E-state index contributed by atoms with van der Waals surface area (Å²) in [6.45, 7) is 7.03. The summed E-state index contributed by atoms with van der Waals surface area (Å²) in [5.41, 5.74) is -0.0187. The predicted octanol–water partition coefficient (Wildman–Crippen LogP) is 1.57. The van der Waals surface area contributed by atoms with E-state index in [4.69, 9.17) is 4.74 Å². The highest BCUT2D eigenvalue weighted by Gasteiger charge is 2.47. The Kier molecular flexibility index (Phi) is 2.55. The van der Waals surface area contributed by atoms with Gasteiger partial charge in [-0.1, -0.05) is 20.8 Å². The third-order valence-corrected chi connectivity index (χ3v) is 2.65. The van der Waals surface area contributed by atoms with Crippen molar-refractivity contribution in [1.29, 1.82) is 0 Å². The summed E-state index contributed by atoms with van der Waals surface area (Å²) in [5.74, 6) is 0. The van der Waals surface area contributed by atoms with Gasteiger partial charge in [0.2, 0.25) is 0 Å². The quantitative estimate of drug-likeness (QED) is 0.675. The average Bonchev–Trinajstić information content (AvgIpc) is 1.97. The molecule has 0 spiro atoms. The molecule has 2 heteroatoms. The van der Waals surface area contributed by atoms with Gasteiger partial charge in [-0.3, -0.25) is 0 Å². The van der Waals surface area contributed by atoms with Crippen LogP contribution in [0.25, 0.3) is 0 Å². The fraction of sp³-hybridized carbons (Fsp3) is 1.00. The molecule has 1 rings (SSSR count). The van der Waals surface area contributed by atoms with E-state index in [9.17, 15) is 5.11 Å². The molecule has 1 N–H and O–H groups in total. The van der Waals surface area contributed by atoms with Crippen LogP contribution in [0.4, 0.5) is 0 Å². The van der Waals surface area contributed by atoms with E-state index in [1.54, 1.807) is 0 Å². The number of hydrogen-bond donors (Lipinski definition) is 1. The van der Waals surface area contributed by atoms with Crippen molar-refractivity contribution in [2.24, 2.45) is 5.41 Å². The second kappa shape index (κ2) is 3.11. The molecule has 0 aliphatic heterocycles. The van der Waals surface area contributed by atoms with Gasteiger partial charge in [-0.2, -0.15) is 0 Å². The lowest BCUT2D eigenvalue weighted by Gasteiger charge is -2.48. The molecule has 0 bridgehead atoms. The van der Waals surface area contributed by atoms with Crippen molar-refractivity contribution in [2.45, 2.75) is 45.8 Å². The highest BCUT2D eigenvalue weighted by molar-refractivity contribution is 4.97. The molecule has 11 heavy (non-hydrogen) atoms. The molecule has 1 aliphatic carbocycles. The van der Waals surface area contributed by atoms with Crippen LogP contribution in [0.15, 0.2) is 0 Å². The SMILES string of the molecule is CCCOC1CC(O)C1(C)C. The Hall–Kier alpha value is -0.0800. The fourth-order valence-corrected chi connectivity index (χ4v) is 1.41. The average molecular weight is 158 g/mol. The Morgan fingerprint density at radius 3 is 2.55 bits per heavy atom. The number of aliphatic hydroxyl groups excluding tert-OH is 1. The van der Waals surface area contributed by atoms with E-state index in [0.29, 0.717) is 0 Å². The lowest BCUT2D eigenvalue weighted by molar-refractivity contribution is -0.174. The molecule has 1 aliphatic rings. The lowest BCUT2D eigenvalue weighted by atomic mass is 9.66. The molecule has 1 fully saturated rings. The first-order valence-electron chi connectivity index (χ1n) is 4.38. The van der Waals surface area contributed by atoms with Crippen LogP contribution in [0.5, 0.6) is 0 Å². The van der Waals surface area contributed by atoms with E-state index in [2.05, 4.69) is 20.8 Å². The minimum atomic E-state index is -0.163. The highest BCUT2D eigenvalue weighted by Crippen LogP contribution is 2.42. The van der Waals surface area contributed by atoms with Gasteiger partial charge in [0.05, 0.1) is 12.2 Å². The maximum atomic E-state index is 9.37. The van der Waals surface area contributed by atoms with Crippen LogP contribution in [-0.2, 0) is 4.74 Å². The van der Waals surface area contributed by atoms with Gasteiger partial charge in [0.25, 0.3) is 0 Å². The first-order valence-corrected chi connectivity index (χ1v) is 4.38. The third kappa shape index (κ3) is 1.57. The molecule has 0 aromatic rings. The highest BCUT2D eigenvalue weighted by atomic mass is 16.5. The number of rotatable bonds is 3. The second-order valence-electron chi connectivity index (χ2n) is 3.93. The molecule has 2 unspecified atom stereocenters. The second-order valence-corrected chi connectivity index (χ2v) is 3.93. The van der Waals surface area contributed by atoms with Crippen molar-refractivity contribution >= 4 is 0 Å². The van der Waals surface area contributed by atoms with E-state index in [1.165, 1.54) is 0 Å². The van der Waals surface area contributed by atoms with Crippen LogP contribution >= 0.6 is 0 Å². The van der Waals surface area contributed by atoms with Gasteiger partial charge in [0.15, 0.2) is 0 Å². The number of aliphatic hydroxyl groups is 1. The van der Waals surface area contributed by atoms with Gasteiger partial charge in [-0.05, 0) is 6.42 Å². The van der Waals surface area contributed by atoms with Crippen LogP contribution in [0.1, 0.15) is 33.6 Å². The summed E-state index contributed by atoms with van der Waals surface area (Å²) >= 11 is 0. The van der Waals surface area contributed by atoms with E-state index >= 15 is 0 Å². The van der Waals surface area contributed by atoms with Gasteiger partial charge >= 0.3 is 0 Å². The van der Waals surface area contributed by atoms with E-state index in [1.807, 2.05) is 0 Å². The predicted molar refractivity (Wildman–Crippen MR) is 44.4 cm³/mol. The fourth-order valence-electron chi connectivity index (χ4n) is 1.41. The van der Waals surface area contributed by atoms with Crippen LogP contribution in [0, 0.1) is 5.41 Å². The molecule has 0 aromatic heterocycles. The topological polar surface area (TPSA) is 29.5 Å². The van der Waals surface area contributed by atoms with Crippen LogP contribution in [0.3, 0.4) is 0 Å². The minimum absolute atomic E-state index is 0.0187. The third-order valence-electron chi connectivity index (χ3n) is 2.65. The van der Waals surface area contributed by atoms with Crippen LogP contribution < -0.4 is 0 Å². The summed E-state index contributed by atoms with van der Waals surface area (Å²) < 4.78 is 5.55. The molecule has 0 radical (unpaired) electrons. The smallest absolute Gasteiger partial charge is 0.0675 e. The number of ether oxygens (including phenoxy) is 1. The lowest BCUT2D eigenvalue weighted by Crippen LogP contribution is -2.54. The molecule has 0 amide bonds. The Bertz CT molecular complexity index is 132. The van der Waals surface area contributed by atoms with Gasteiger partial charge < -0.3 is 9.84 Å².